The van der Waals surface area contributed by atoms with Crippen LogP contribution in [0.15, 0.2) is 34.7 Å². The van der Waals surface area contributed by atoms with Crippen LogP contribution in [0.1, 0.15) is 0 Å². The monoisotopic (exact) mass is 317 g/mol. The van der Waals surface area contributed by atoms with Crippen LogP contribution in [-0.2, 0) is 14.6 Å². The maximum atomic E-state index is 11.7. The van der Waals surface area contributed by atoms with E-state index >= 15 is 0 Å². The fourth-order valence-electron chi connectivity index (χ4n) is 1.36. The summed E-state index contributed by atoms with van der Waals surface area (Å²) in [5.41, 5.74) is 0.728. The first kappa shape index (κ1) is 14.0. The van der Waals surface area contributed by atoms with Gasteiger partial charge in [-0.05, 0) is 12.1 Å². The number of carboxylic acid groups (broad SMARTS) is 1. The summed E-state index contributed by atoms with van der Waals surface area (Å²) in [4.78, 5) is 14.4. The van der Waals surface area contributed by atoms with Crippen molar-refractivity contribution in [2.75, 3.05) is 5.75 Å². The van der Waals surface area contributed by atoms with Crippen LogP contribution in [0.25, 0.3) is 10.6 Å². The van der Waals surface area contributed by atoms with Crippen LogP contribution < -0.4 is 0 Å². The number of hydrogen-bond acceptors (Lipinski definition) is 5. The maximum absolute atomic E-state index is 11.7. The largest absolute Gasteiger partial charge is 0.480 e. The lowest BCUT2D eigenvalue weighted by Gasteiger charge is -1.97. The molecule has 0 aliphatic heterocycles. The molecule has 0 aliphatic rings. The van der Waals surface area contributed by atoms with Gasteiger partial charge in [-0.2, -0.15) is 0 Å². The zero-order chi connectivity index (χ0) is 14.0. The van der Waals surface area contributed by atoms with E-state index < -0.39 is 21.6 Å². The summed E-state index contributed by atoms with van der Waals surface area (Å²) in [5.74, 6) is -2.36. The molecule has 2 aromatic rings. The Morgan fingerprint density at radius 3 is 2.53 bits per heavy atom. The minimum absolute atomic E-state index is 0.218. The molecule has 8 heteroatoms. The minimum Gasteiger partial charge on any atom is -0.480 e. The van der Waals surface area contributed by atoms with Crippen LogP contribution in [0.4, 0.5) is 0 Å². The van der Waals surface area contributed by atoms with Crippen molar-refractivity contribution in [3.05, 3.63) is 34.7 Å². The van der Waals surface area contributed by atoms with E-state index in [9.17, 15) is 13.2 Å². The van der Waals surface area contributed by atoms with Crippen molar-refractivity contribution in [3.63, 3.8) is 0 Å². The van der Waals surface area contributed by atoms with Crippen LogP contribution in [-0.4, -0.2) is 30.2 Å². The molecule has 5 nitrogen and oxygen atoms in total. The Kier molecular flexibility index (Phi) is 3.88. The van der Waals surface area contributed by atoms with Crippen molar-refractivity contribution in [2.24, 2.45) is 0 Å². The van der Waals surface area contributed by atoms with E-state index in [2.05, 4.69) is 4.98 Å². The lowest BCUT2D eigenvalue weighted by molar-refractivity contribution is -0.134. The van der Waals surface area contributed by atoms with Crippen molar-refractivity contribution in [1.29, 1.82) is 0 Å². The van der Waals surface area contributed by atoms with E-state index in [1.54, 1.807) is 24.3 Å². The fourth-order valence-corrected chi connectivity index (χ4v) is 3.67. The van der Waals surface area contributed by atoms with Gasteiger partial charge in [0.1, 0.15) is 5.01 Å². The summed E-state index contributed by atoms with van der Waals surface area (Å²) < 4.78 is 23.4. The lowest BCUT2D eigenvalue weighted by Crippen LogP contribution is -2.15. The molecule has 0 saturated carbocycles. The summed E-state index contributed by atoms with van der Waals surface area (Å²) in [6.07, 6.45) is 0. The number of hydrogen-bond donors (Lipinski definition) is 1. The first-order valence-electron chi connectivity index (χ1n) is 5.04. The van der Waals surface area contributed by atoms with Gasteiger partial charge in [-0.15, -0.1) is 11.3 Å². The highest BCUT2D eigenvalue weighted by Gasteiger charge is 2.22. The van der Waals surface area contributed by atoms with Gasteiger partial charge in [-0.25, -0.2) is 13.4 Å². The zero-order valence-electron chi connectivity index (χ0n) is 9.41. The summed E-state index contributed by atoms with van der Waals surface area (Å²) in [7, 11) is -3.88. The van der Waals surface area contributed by atoms with Crippen LogP contribution in [0, 0.1) is 0 Å². The molecule has 0 unspecified atom stereocenters. The number of aromatic nitrogens is 1. The van der Waals surface area contributed by atoms with Gasteiger partial charge in [-0.1, -0.05) is 23.7 Å². The summed E-state index contributed by atoms with van der Waals surface area (Å²) in [6, 6.07) is 6.77. The number of thiazole rings is 1. The van der Waals surface area contributed by atoms with Crippen molar-refractivity contribution in [2.45, 2.75) is 5.03 Å². The van der Waals surface area contributed by atoms with Crippen molar-refractivity contribution >= 4 is 38.7 Å². The SMILES string of the molecule is O=C(O)CS(=O)(=O)c1csc(-c2ccc(Cl)cc2)n1. The Hall–Kier alpha value is -1.44. The molecule has 19 heavy (non-hydrogen) atoms. The van der Waals surface area contributed by atoms with Crippen molar-refractivity contribution in [3.8, 4) is 10.6 Å². The molecule has 0 spiro atoms. The van der Waals surface area contributed by atoms with Crippen molar-refractivity contribution < 1.29 is 18.3 Å². The van der Waals surface area contributed by atoms with Gasteiger partial charge in [-0.3, -0.25) is 4.79 Å². The number of aliphatic carboxylic acids is 1. The molecule has 0 fully saturated rings. The highest BCUT2D eigenvalue weighted by Crippen LogP contribution is 2.27. The third-order valence-electron chi connectivity index (χ3n) is 2.21. The predicted octanol–water partition coefficient (Wildman–Crippen LogP) is 2.32. The predicted molar refractivity (Wildman–Crippen MR) is 72.2 cm³/mol. The number of nitrogens with zero attached hydrogens (tertiary/aromatic N) is 1. The molecule has 0 saturated heterocycles. The molecular formula is C11H8ClNO4S2. The third-order valence-corrected chi connectivity index (χ3v) is 4.97. The number of carbonyl (C=O) groups is 1. The number of benzene rings is 1. The second kappa shape index (κ2) is 5.28. The zero-order valence-corrected chi connectivity index (χ0v) is 11.8. The summed E-state index contributed by atoms with van der Waals surface area (Å²) in [6.45, 7) is 0. The van der Waals surface area contributed by atoms with Crippen LogP contribution in [0.2, 0.25) is 5.02 Å². The summed E-state index contributed by atoms with van der Waals surface area (Å²) in [5, 5.41) is 10.7. The van der Waals surface area contributed by atoms with Gasteiger partial charge < -0.3 is 5.11 Å². The molecule has 0 bridgehead atoms. The molecule has 0 amide bonds. The minimum atomic E-state index is -3.88. The van der Waals surface area contributed by atoms with Crippen LogP contribution in [0.5, 0.6) is 0 Å². The highest BCUT2D eigenvalue weighted by atomic mass is 35.5. The number of rotatable bonds is 4. The highest BCUT2D eigenvalue weighted by molar-refractivity contribution is 7.92. The molecule has 1 heterocycles. The molecule has 100 valence electrons. The number of sulfone groups is 1. The van der Waals surface area contributed by atoms with Crippen LogP contribution in [0.3, 0.4) is 0 Å². The number of halogens is 1. The van der Waals surface area contributed by atoms with Gasteiger partial charge in [0, 0.05) is 16.0 Å². The molecule has 1 aromatic carbocycles. The second-order valence-electron chi connectivity index (χ2n) is 3.65. The van der Waals surface area contributed by atoms with Crippen molar-refractivity contribution in [1.82, 2.24) is 4.98 Å². The van der Waals surface area contributed by atoms with Gasteiger partial charge in [0.25, 0.3) is 0 Å². The second-order valence-corrected chi connectivity index (χ2v) is 6.88. The average Bonchev–Trinajstić information content (AvgIpc) is 2.78. The molecule has 1 aromatic heterocycles. The normalized spacial score (nSPS) is 11.4. The van der Waals surface area contributed by atoms with E-state index in [0.717, 1.165) is 16.9 Å². The molecule has 0 atom stereocenters. The smallest absolute Gasteiger partial charge is 0.319 e. The molecule has 0 radical (unpaired) electrons. The van der Waals surface area contributed by atoms with Gasteiger partial charge in [0.05, 0.1) is 0 Å². The van der Waals surface area contributed by atoms with E-state index in [1.165, 1.54) is 5.38 Å². The quantitative estimate of drug-likeness (QED) is 0.935. The Labute approximate surface area is 118 Å². The standard InChI is InChI=1S/C11H8ClNO4S2/c12-8-3-1-7(2-4-8)11-13-9(5-18-11)19(16,17)6-10(14)15/h1-5H,6H2,(H,14,15). The number of carboxylic acids is 1. The Balaban J connectivity index is 2.34. The molecule has 2 rings (SSSR count). The topological polar surface area (TPSA) is 84.3 Å². The van der Waals surface area contributed by atoms with E-state index in [0.29, 0.717) is 10.0 Å². The van der Waals surface area contributed by atoms with Gasteiger partial charge >= 0.3 is 5.97 Å². The van der Waals surface area contributed by atoms with Gasteiger partial charge in [0.2, 0.25) is 9.84 Å². The molecular weight excluding hydrogens is 310 g/mol. The average molecular weight is 318 g/mol. The maximum Gasteiger partial charge on any atom is 0.319 e. The Morgan fingerprint density at radius 1 is 1.32 bits per heavy atom. The third kappa shape index (κ3) is 3.31. The fraction of sp³-hybridized carbons (Fsp3) is 0.0909. The summed E-state index contributed by atoms with van der Waals surface area (Å²) >= 11 is 6.89. The van der Waals surface area contributed by atoms with E-state index in [-0.39, 0.29) is 5.03 Å². The van der Waals surface area contributed by atoms with Gasteiger partial charge in [0.15, 0.2) is 10.8 Å². The molecule has 1 N–H and O–H groups in total. The lowest BCUT2D eigenvalue weighted by atomic mass is 10.2. The Morgan fingerprint density at radius 2 is 1.95 bits per heavy atom. The van der Waals surface area contributed by atoms with E-state index in [4.69, 9.17) is 16.7 Å². The first-order chi connectivity index (χ1) is 8.88. The Bertz CT molecular complexity index is 707. The first-order valence-corrected chi connectivity index (χ1v) is 7.95. The van der Waals surface area contributed by atoms with Crippen LogP contribution >= 0.6 is 22.9 Å². The van der Waals surface area contributed by atoms with E-state index in [1.807, 2.05) is 0 Å². The molecule has 0 aliphatic carbocycles.